The smallest absolute Gasteiger partial charge is 0.316 e. The number of carbonyl (C=O) groups excluding carboxylic acids is 6. The summed E-state index contributed by atoms with van der Waals surface area (Å²) in [5.41, 5.74) is 4.71. The maximum atomic E-state index is 14.2. The first-order valence-corrected chi connectivity index (χ1v) is 16.0. The number of likely N-dealkylation sites (tertiary alicyclic amines) is 1. The van der Waals surface area contributed by atoms with Crippen LogP contribution in [0.25, 0.3) is 0 Å². The fraction of sp³-hybridized carbons (Fsp3) is 0.636. The summed E-state index contributed by atoms with van der Waals surface area (Å²) in [7, 11) is 0. The molecule has 3 fully saturated rings. The summed E-state index contributed by atoms with van der Waals surface area (Å²) in [5.74, 6) is -3.31. The van der Waals surface area contributed by atoms with Gasteiger partial charge in [-0.3, -0.25) is 24.0 Å². The first kappa shape index (κ1) is 34.4. The number of fused-ring (bicyclic) bond motifs is 1. The molecule has 1 aliphatic heterocycles. The Labute approximate surface area is 269 Å². The van der Waals surface area contributed by atoms with E-state index in [-0.39, 0.29) is 34.9 Å². The Bertz CT molecular complexity index is 1370. The quantitative estimate of drug-likeness (QED) is 0.202. The minimum atomic E-state index is -1.11. The average Bonchev–Trinajstić information content (AvgIpc) is 3.80. The van der Waals surface area contributed by atoms with Crippen LogP contribution in [-0.4, -0.2) is 70.9 Å². The molecule has 5 N–H and O–H groups in total. The molecule has 6 atom stereocenters. The molecule has 1 saturated heterocycles. The van der Waals surface area contributed by atoms with Gasteiger partial charge in [0.05, 0.1) is 12.1 Å². The number of hydrogen-bond acceptors (Lipinski definition) is 6. The molecular formula is C33H46ClN5O6. The van der Waals surface area contributed by atoms with E-state index in [9.17, 15) is 28.8 Å². The molecule has 0 aromatic heterocycles. The Morgan fingerprint density at radius 2 is 1.60 bits per heavy atom. The predicted molar refractivity (Wildman–Crippen MR) is 169 cm³/mol. The number of Topliss-reactive ketones (excluding diaryl/α,β-unsaturated/α-hetero) is 2. The molecule has 1 heterocycles. The van der Waals surface area contributed by atoms with Gasteiger partial charge in [-0.2, -0.15) is 0 Å². The van der Waals surface area contributed by atoms with Gasteiger partial charge < -0.3 is 26.6 Å². The molecule has 0 spiro atoms. The lowest BCUT2D eigenvalue weighted by Gasteiger charge is -2.38. The van der Waals surface area contributed by atoms with Gasteiger partial charge in [0.1, 0.15) is 12.1 Å². The van der Waals surface area contributed by atoms with Crippen molar-refractivity contribution < 1.29 is 28.8 Å². The lowest BCUT2D eigenvalue weighted by atomic mass is 9.85. The van der Waals surface area contributed by atoms with E-state index in [1.165, 1.54) is 4.90 Å². The molecule has 0 radical (unpaired) electrons. The van der Waals surface area contributed by atoms with E-state index in [0.29, 0.717) is 23.6 Å². The summed E-state index contributed by atoms with van der Waals surface area (Å²) < 4.78 is 0. The average molecular weight is 644 g/mol. The van der Waals surface area contributed by atoms with Crippen molar-refractivity contribution >= 4 is 46.9 Å². The van der Waals surface area contributed by atoms with Gasteiger partial charge >= 0.3 is 6.03 Å². The van der Waals surface area contributed by atoms with Gasteiger partial charge in [-0.25, -0.2) is 4.79 Å². The summed E-state index contributed by atoms with van der Waals surface area (Å²) in [6, 6.07) is 1.87. The van der Waals surface area contributed by atoms with Crippen LogP contribution in [0.1, 0.15) is 78.1 Å². The molecule has 45 heavy (non-hydrogen) atoms. The molecule has 246 valence electrons. The number of nitrogens with two attached hydrogens (primary N) is 1. The predicted octanol–water partition coefficient (Wildman–Crippen LogP) is 3.08. The molecule has 0 bridgehead atoms. The maximum absolute atomic E-state index is 14.2. The van der Waals surface area contributed by atoms with Gasteiger partial charge in [-0.15, -0.1) is 0 Å². The number of urea groups is 1. The Kier molecular flexibility index (Phi) is 9.73. The van der Waals surface area contributed by atoms with Crippen molar-refractivity contribution in [2.24, 2.45) is 40.2 Å². The molecule has 12 heteroatoms. The number of amides is 5. The second-order valence-corrected chi connectivity index (χ2v) is 15.3. The summed E-state index contributed by atoms with van der Waals surface area (Å²) in [6.07, 6.45) is 2.14. The van der Waals surface area contributed by atoms with E-state index in [1.54, 1.807) is 24.3 Å². The second-order valence-electron chi connectivity index (χ2n) is 14.9. The van der Waals surface area contributed by atoms with E-state index in [4.69, 9.17) is 17.3 Å². The van der Waals surface area contributed by atoms with Gasteiger partial charge in [0.25, 0.3) is 5.91 Å². The summed E-state index contributed by atoms with van der Waals surface area (Å²) in [5, 5.41) is 8.78. The monoisotopic (exact) mass is 643 g/mol. The fourth-order valence-corrected chi connectivity index (χ4v) is 6.74. The summed E-state index contributed by atoms with van der Waals surface area (Å²) in [4.78, 5) is 80.5. The van der Waals surface area contributed by atoms with Crippen molar-refractivity contribution in [2.75, 3.05) is 6.54 Å². The highest BCUT2D eigenvalue weighted by atomic mass is 35.5. The van der Waals surface area contributed by atoms with E-state index in [2.05, 4.69) is 16.0 Å². The van der Waals surface area contributed by atoms with Crippen LogP contribution in [0.4, 0.5) is 4.79 Å². The van der Waals surface area contributed by atoms with Gasteiger partial charge in [-0.1, -0.05) is 72.9 Å². The summed E-state index contributed by atoms with van der Waals surface area (Å²) >= 11 is 5.97. The van der Waals surface area contributed by atoms with E-state index < -0.39 is 59.1 Å². The number of benzene rings is 1. The van der Waals surface area contributed by atoms with Crippen LogP contribution < -0.4 is 21.7 Å². The number of rotatable bonds is 12. The second kappa shape index (κ2) is 12.7. The molecule has 1 aromatic rings. The lowest BCUT2D eigenvalue weighted by Crippen LogP contribution is -2.62. The van der Waals surface area contributed by atoms with Crippen molar-refractivity contribution in [2.45, 2.75) is 91.9 Å². The SMILES string of the molecule is CC(C)[C@H](NC(=O)N[C@H](C(=O)N1C[C@H]2[C@@H]([C@H]1C(=O)NC(CC1CC1)C(=O)C(N)=O)C2(C)C)C(C)(C)C)C(=O)c1ccc(Cl)cc1. The largest absolute Gasteiger partial charge is 0.363 e. The first-order valence-electron chi connectivity index (χ1n) is 15.7. The van der Waals surface area contributed by atoms with Crippen LogP contribution in [-0.2, 0) is 19.2 Å². The molecule has 5 amide bonds. The number of carbonyl (C=O) groups is 6. The lowest BCUT2D eigenvalue weighted by molar-refractivity contribution is -0.145. The Morgan fingerprint density at radius 1 is 1.00 bits per heavy atom. The van der Waals surface area contributed by atoms with Crippen LogP contribution in [0.2, 0.25) is 5.02 Å². The third-order valence-corrected chi connectivity index (χ3v) is 9.91. The Balaban J connectivity index is 1.53. The van der Waals surface area contributed by atoms with Gasteiger partial charge in [0.15, 0.2) is 5.78 Å². The minimum Gasteiger partial charge on any atom is -0.363 e. The number of nitrogens with zero attached hydrogens (tertiary/aromatic N) is 1. The molecular weight excluding hydrogens is 598 g/mol. The normalized spacial score (nSPS) is 23.8. The maximum Gasteiger partial charge on any atom is 0.316 e. The molecule has 4 rings (SSSR count). The zero-order valence-corrected chi connectivity index (χ0v) is 27.9. The fourth-order valence-electron chi connectivity index (χ4n) is 6.62. The molecule has 1 aromatic carbocycles. The number of halogens is 1. The van der Waals surface area contributed by atoms with Crippen LogP contribution in [0, 0.1) is 34.5 Å². The topological polar surface area (TPSA) is 168 Å². The molecule has 11 nitrogen and oxygen atoms in total. The van der Waals surface area contributed by atoms with Crippen molar-refractivity contribution in [1.82, 2.24) is 20.9 Å². The van der Waals surface area contributed by atoms with Crippen LogP contribution in [0.15, 0.2) is 24.3 Å². The third kappa shape index (κ3) is 7.51. The van der Waals surface area contributed by atoms with E-state index in [1.807, 2.05) is 48.5 Å². The third-order valence-electron chi connectivity index (χ3n) is 9.65. The highest BCUT2D eigenvalue weighted by molar-refractivity contribution is 6.37. The van der Waals surface area contributed by atoms with E-state index >= 15 is 0 Å². The number of hydrogen-bond donors (Lipinski definition) is 4. The zero-order valence-electron chi connectivity index (χ0n) is 27.1. The Morgan fingerprint density at radius 3 is 2.11 bits per heavy atom. The summed E-state index contributed by atoms with van der Waals surface area (Å²) in [6.45, 7) is 13.4. The standard InChI is InChI=1S/C33H46ClN5O6/c1-16(2)23(25(40)18-10-12-19(34)13-11-18)37-31(45)38-27(32(3,4)5)30(44)39-15-20-22(33(20,6)7)24(39)29(43)36-21(14-17-8-9-17)26(41)28(35)42/h10-13,16-17,20-24,27H,8-9,14-15H2,1-7H3,(H2,35,42)(H,36,43)(H2,37,38,45)/t20-,21?,22-,23-,24-,27+/m0/s1. The van der Waals surface area contributed by atoms with Crippen molar-refractivity contribution in [3.8, 4) is 0 Å². The van der Waals surface area contributed by atoms with Gasteiger partial charge in [0, 0.05) is 17.1 Å². The minimum absolute atomic E-state index is 0.0580. The van der Waals surface area contributed by atoms with Gasteiger partial charge in [-0.05, 0) is 65.2 Å². The Hall–Kier alpha value is -3.47. The van der Waals surface area contributed by atoms with Crippen LogP contribution in [0.3, 0.4) is 0 Å². The number of nitrogens with one attached hydrogen (secondary N) is 3. The number of ketones is 2. The van der Waals surface area contributed by atoms with Crippen LogP contribution >= 0.6 is 11.6 Å². The molecule has 3 aliphatic rings. The van der Waals surface area contributed by atoms with Crippen LogP contribution in [0.5, 0.6) is 0 Å². The van der Waals surface area contributed by atoms with Crippen molar-refractivity contribution in [3.63, 3.8) is 0 Å². The van der Waals surface area contributed by atoms with Crippen molar-refractivity contribution in [1.29, 1.82) is 0 Å². The molecule has 2 aliphatic carbocycles. The highest BCUT2D eigenvalue weighted by Crippen LogP contribution is 2.65. The first-order chi connectivity index (χ1) is 20.8. The highest BCUT2D eigenvalue weighted by Gasteiger charge is 2.70. The van der Waals surface area contributed by atoms with Gasteiger partial charge in [0.2, 0.25) is 17.6 Å². The van der Waals surface area contributed by atoms with Crippen molar-refractivity contribution in [3.05, 3.63) is 34.9 Å². The number of piperidine rings is 1. The van der Waals surface area contributed by atoms with E-state index in [0.717, 1.165) is 12.8 Å². The zero-order chi connectivity index (χ0) is 33.6. The molecule has 1 unspecified atom stereocenters. The number of primary amides is 1. The molecule has 2 saturated carbocycles.